The minimum atomic E-state index is 0.276. The predicted molar refractivity (Wildman–Crippen MR) is 91.2 cm³/mol. The van der Waals surface area contributed by atoms with Crippen molar-refractivity contribution in [2.24, 2.45) is 0 Å². The Morgan fingerprint density at radius 2 is 2.05 bits per heavy atom. The molecule has 1 unspecified atom stereocenters. The van der Waals surface area contributed by atoms with Gasteiger partial charge < -0.3 is 5.32 Å². The van der Waals surface area contributed by atoms with Crippen LogP contribution in [0.3, 0.4) is 0 Å². The first-order chi connectivity index (χ1) is 10.3. The summed E-state index contributed by atoms with van der Waals surface area (Å²) in [4.78, 5) is 5.75. The molecule has 0 saturated heterocycles. The number of hydrogen-bond acceptors (Lipinski definition) is 3. The Kier molecular flexibility index (Phi) is 4.54. The van der Waals surface area contributed by atoms with E-state index in [2.05, 4.69) is 47.6 Å². The van der Waals surface area contributed by atoms with Crippen LogP contribution >= 0.6 is 22.9 Å². The quantitative estimate of drug-likeness (QED) is 0.728. The van der Waals surface area contributed by atoms with Gasteiger partial charge in [0.2, 0.25) is 0 Å². The first-order valence-corrected chi connectivity index (χ1v) is 8.28. The third kappa shape index (κ3) is 3.26. The van der Waals surface area contributed by atoms with Gasteiger partial charge in [-0.15, -0.1) is 11.3 Å². The van der Waals surface area contributed by atoms with Gasteiger partial charge in [0.05, 0.1) is 9.85 Å². The number of nitrogens with zero attached hydrogens (tertiary/aromatic N) is 1. The van der Waals surface area contributed by atoms with E-state index in [4.69, 9.17) is 11.6 Å². The fourth-order valence-corrected chi connectivity index (χ4v) is 3.76. The molecule has 2 aromatic heterocycles. The molecule has 0 saturated carbocycles. The maximum absolute atomic E-state index is 6.05. The van der Waals surface area contributed by atoms with E-state index >= 15 is 0 Å². The molecule has 3 aromatic rings. The summed E-state index contributed by atoms with van der Waals surface area (Å²) in [6.45, 7) is 3.07. The van der Waals surface area contributed by atoms with Crippen LogP contribution in [0.2, 0.25) is 4.34 Å². The highest BCUT2D eigenvalue weighted by Gasteiger charge is 2.15. The van der Waals surface area contributed by atoms with E-state index in [-0.39, 0.29) is 6.04 Å². The molecule has 1 atom stereocenters. The molecule has 0 radical (unpaired) electrons. The fourth-order valence-electron chi connectivity index (χ4n) is 2.62. The average molecular weight is 317 g/mol. The molecular formula is C17H17ClN2S. The number of rotatable bonds is 5. The zero-order valence-electron chi connectivity index (χ0n) is 11.8. The molecule has 1 aromatic carbocycles. The van der Waals surface area contributed by atoms with E-state index in [1.54, 1.807) is 11.3 Å². The van der Waals surface area contributed by atoms with Crippen LogP contribution in [0.4, 0.5) is 0 Å². The number of pyridine rings is 1. The van der Waals surface area contributed by atoms with Crippen molar-refractivity contribution in [3.63, 3.8) is 0 Å². The number of para-hydroxylation sites is 1. The normalized spacial score (nSPS) is 12.7. The Morgan fingerprint density at radius 1 is 1.19 bits per heavy atom. The second kappa shape index (κ2) is 6.56. The number of nitrogens with one attached hydrogen (secondary N) is 1. The van der Waals surface area contributed by atoms with E-state index in [0.29, 0.717) is 0 Å². The third-order valence-electron chi connectivity index (χ3n) is 3.54. The van der Waals surface area contributed by atoms with Crippen molar-refractivity contribution < 1.29 is 0 Å². The molecule has 0 amide bonds. The number of benzene rings is 1. The number of hydrogen-bond donors (Lipinski definition) is 1. The molecule has 2 heterocycles. The smallest absolute Gasteiger partial charge is 0.0931 e. The molecule has 0 bridgehead atoms. The van der Waals surface area contributed by atoms with Crippen molar-refractivity contribution in [2.75, 3.05) is 6.54 Å². The summed E-state index contributed by atoms with van der Waals surface area (Å²) < 4.78 is 0.847. The minimum Gasteiger partial charge on any atom is -0.310 e. The van der Waals surface area contributed by atoms with Gasteiger partial charge >= 0.3 is 0 Å². The van der Waals surface area contributed by atoms with Crippen LogP contribution in [-0.2, 0) is 6.42 Å². The Labute approximate surface area is 133 Å². The molecule has 0 fully saturated rings. The summed E-state index contributed by atoms with van der Waals surface area (Å²) in [6.07, 6.45) is 2.84. The lowest BCUT2D eigenvalue weighted by Gasteiger charge is -2.19. The van der Waals surface area contributed by atoms with Gasteiger partial charge in [-0.3, -0.25) is 4.98 Å². The first-order valence-electron chi connectivity index (χ1n) is 7.09. The zero-order chi connectivity index (χ0) is 14.7. The number of aromatic nitrogens is 1. The maximum Gasteiger partial charge on any atom is 0.0931 e. The van der Waals surface area contributed by atoms with Gasteiger partial charge in [-0.1, -0.05) is 36.7 Å². The standard InChI is InChI=1S/C17H17ClN2S/c1-2-19-16(11-12-7-8-17(18)21-12)14-9-10-20-15-6-4-3-5-13(14)15/h3-10,16,19H,2,11H2,1H3. The van der Waals surface area contributed by atoms with Gasteiger partial charge in [0.25, 0.3) is 0 Å². The van der Waals surface area contributed by atoms with Crippen molar-refractivity contribution in [3.8, 4) is 0 Å². The van der Waals surface area contributed by atoms with E-state index in [0.717, 1.165) is 22.8 Å². The monoisotopic (exact) mass is 316 g/mol. The van der Waals surface area contributed by atoms with E-state index in [1.807, 2.05) is 18.3 Å². The molecule has 3 rings (SSSR count). The summed E-state index contributed by atoms with van der Waals surface area (Å²) >= 11 is 7.70. The van der Waals surface area contributed by atoms with Crippen molar-refractivity contribution in [3.05, 3.63) is 63.4 Å². The Hall–Kier alpha value is -1.42. The molecule has 108 valence electrons. The van der Waals surface area contributed by atoms with Crippen LogP contribution in [0.1, 0.15) is 23.4 Å². The van der Waals surface area contributed by atoms with Crippen LogP contribution in [0.15, 0.2) is 48.7 Å². The van der Waals surface area contributed by atoms with Gasteiger partial charge in [-0.05, 0) is 36.4 Å². The first kappa shape index (κ1) is 14.5. The van der Waals surface area contributed by atoms with Crippen molar-refractivity contribution >= 4 is 33.8 Å². The summed E-state index contributed by atoms with van der Waals surface area (Å²) in [5, 5.41) is 4.80. The molecule has 0 aliphatic rings. The number of halogens is 1. The molecule has 0 aliphatic carbocycles. The fraction of sp³-hybridized carbons (Fsp3) is 0.235. The largest absolute Gasteiger partial charge is 0.310 e. The number of likely N-dealkylation sites (N-methyl/N-ethyl adjacent to an activating group) is 1. The molecule has 21 heavy (non-hydrogen) atoms. The molecular weight excluding hydrogens is 300 g/mol. The van der Waals surface area contributed by atoms with Crippen LogP contribution in [0, 0.1) is 0 Å². The maximum atomic E-state index is 6.05. The van der Waals surface area contributed by atoms with Crippen LogP contribution in [0.25, 0.3) is 10.9 Å². The minimum absolute atomic E-state index is 0.276. The van der Waals surface area contributed by atoms with Crippen LogP contribution in [-0.4, -0.2) is 11.5 Å². The Bertz CT molecular complexity index is 733. The lowest BCUT2D eigenvalue weighted by Crippen LogP contribution is -2.23. The highest BCUT2D eigenvalue weighted by molar-refractivity contribution is 7.16. The lowest BCUT2D eigenvalue weighted by molar-refractivity contribution is 0.556. The SMILES string of the molecule is CCNC(Cc1ccc(Cl)s1)c1ccnc2ccccc12. The van der Waals surface area contributed by atoms with Crippen LogP contribution < -0.4 is 5.32 Å². The molecule has 2 nitrogen and oxygen atoms in total. The summed E-state index contributed by atoms with van der Waals surface area (Å²) in [6, 6.07) is 14.8. The highest BCUT2D eigenvalue weighted by Crippen LogP contribution is 2.29. The topological polar surface area (TPSA) is 24.9 Å². The van der Waals surface area contributed by atoms with E-state index in [1.165, 1.54) is 15.8 Å². The zero-order valence-corrected chi connectivity index (χ0v) is 13.4. The van der Waals surface area contributed by atoms with Crippen LogP contribution in [0.5, 0.6) is 0 Å². The van der Waals surface area contributed by atoms with Crippen molar-refractivity contribution in [2.45, 2.75) is 19.4 Å². The van der Waals surface area contributed by atoms with E-state index in [9.17, 15) is 0 Å². The third-order valence-corrected chi connectivity index (χ3v) is 4.80. The van der Waals surface area contributed by atoms with Gasteiger partial charge in [-0.2, -0.15) is 0 Å². The van der Waals surface area contributed by atoms with Gasteiger partial charge in [-0.25, -0.2) is 0 Å². The van der Waals surface area contributed by atoms with Gasteiger partial charge in [0.1, 0.15) is 0 Å². The lowest BCUT2D eigenvalue weighted by atomic mass is 9.99. The van der Waals surface area contributed by atoms with Gasteiger partial charge in [0.15, 0.2) is 0 Å². The molecule has 0 aliphatic heterocycles. The predicted octanol–water partition coefficient (Wildman–Crippen LogP) is 4.84. The Morgan fingerprint density at radius 3 is 2.81 bits per heavy atom. The van der Waals surface area contributed by atoms with Crippen molar-refractivity contribution in [1.29, 1.82) is 0 Å². The molecule has 0 spiro atoms. The second-order valence-electron chi connectivity index (χ2n) is 4.94. The Balaban J connectivity index is 1.98. The number of fused-ring (bicyclic) bond motifs is 1. The summed E-state index contributed by atoms with van der Waals surface area (Å²) in [5.41, 5.74) is 2.34. The van der Waals surface area contributed by atoms with E-state index < -0.39 is 0 Å². The summed E-state index contributed by atoms with van der Waals surface area (Å²) in [5.74, 6) is 0. The van der Waals surface area contributed by atoms with Gasteiger partial charge in [0, 0.05) is 28.9 Å². The average Bonchev–Trinajstić information content (AvgIpc) is 2.91. The second-order valence-corrected chi connectivity index (χ2v) is 6.74. The highest BCUT2D eigenvalue weighted by atomic mass is 35.5. The van der Waals surface area contributed by atoms with Crippen molar-refractivity contribution in [1.82, 2.24) is 10.3 Å². The molecule has 1 N–H and O–H groups in total. The summed E-state index contributed by atoms with van der Waals surface area (Å²) in [7, 11) is 0. The molecule has 4 heteroatoms. The number of thiophene rings is 1.